The van der Waals surface area contributed by atoms with Crippen LogP contribution in [0.25, 0.3) is 0 Å². The average Bonchev–Trinajstić information content (AvgIpc) is 2.94. The van der Waals surface area contributed by atoms with E-state index in [0.717, 1.165) is 10.9 Å². The second-order valence-corrected chi connectivity index (χ2v) is 5.58. The molecule has 1 fully saturated rings. The van der Waals surface area contributed by atoms with Crippen LogP contribution in [0.2, 0.25) is 0 Å². The van der Waals surface area contributed by atoms with E-state index in [2.05, 4.69) is 21.2 Å². The molecular formula is C14H18BrNO4. The summed E-state index contributed by atoms with van der Waals surface area (Å²) in [5.41, 5.74) is 0.169. The van der Waals surface area contributed by atoms with Crippen LogP contribution in [0.1, 0.15) is 16.8 Å². The maximum absolute atomic E-state index is 12.1. The highest BCUT2D eigenvalue weighted by molar-refractivity contribution is 9.10. The maximum Gasteiger partial charge on any atom is 0.251 e. The third-order valence-corrected chi connectivity index (χ3v) is 4.10. The van der Waals surface area contributed by atoms with Crippen LogP contribution in [0, 0.1) is 0 Å². The highest BCUT2D eigenvalue weighted by Crippen LogP contribution is 2.26. The van der Waals surface area contributed by atoms with Gasteiger partial charge in [0.2, 0.25) is 0 Å². The number of hydrogen-bond acceptors (Lipinski definition) is 4. The minimum Gasteiger partial charge on any atom is -0.496 e. The molecule has 1 N–H and O–H groups in total. The molecule has 1 aromatic carbocycles. The van der Waals surface area contributed by atoms with Gasteiger partial charge >= 0.3 is 0 Å². The number of ether oxygens (including phenoxy) is 3. The number of methoxy groups -OCH3 is 2. The molecule has 110 valence electrons. The summed E-state index contributed by atoms with van der Waals surface area (Å²) in [6.07, 6.45) is 0.788. The standard InChI is InChI=1S/C14H18BrNO4/c1-18-12-4-3-10(7-11(12)15)13(17)16-8-14(19-2)5-6-20-9-14/h3-4,7H,5-6,8-9H2,1-2H3,(H,16,17). The van der Waals surface area contributed by atoms with Gasteiger partial charge in [0, 0.05) is 32.2 Å². The van der Waals surface area contributed by atoms with Crippen molar-refractivity contribution < 1.29 is 19.0 Å². The zero-order valence-electron chi connectivity index (χ0n) is 11.6. The Kier molecular flexibility index (Phi) is 5.01. The largest absolute Gasteiger partial charge is 0.496 e. The van der Waals surface area contributed by atoms with Crippen molar-refractivity contribution in [1.82, 2.24) is 5.32 Å². The lowest BCUT2D eigenvalue weighted by atomic mass is 10.0. The van der Waals surface area contributed by atoms with Gasteiger partial charge in [0.25, 0.3) is 5.91 Å². The fourth-order valence-corrected chi connectivity index (χ4v) is 2.65. The SMILES string of the molecule is COc1ccc(C(=O)NCC2(OC)CCOC2)cc1Br. The zero-order valence-corrected chi connectivity index (χ0v) is 13.2. The van der Waals surface area contributed by atoms with E-state index < -0.39 is 5.60 Å². The van der Waals surface area contributed by atoms with E-state index in [1.54, 1.807) is 32.4 Å². The number of carbonyl (C=O) groups is 1. The predicted molar refractivity (Wildman–Crippen MR) is 78.2 cm³/mol. The van der Waals surface area contributed by atoms with Crippen LogP contribution in [0.3, 0.4) is 0 Å². The summed E-state index contributed by atoms with van der Waals surface area (Å²) < 4.78 is 16.7. The molecule has 1 heterocycles. The Morgan fingerprint density at radius 1 is 1.50 bits per heavy atom. The second-order valence-electron chi connectivity index (χ2n) is 4.72. The minimum atomic E-state index is -0.403. The maximum atomic E-state index is 12.1. The average molecular weight is 344 g/mol. The molecular weight excluding hydrogens is 326 g/mol. The van der Waals surface area contributed by atoms with Gasteiger partial charge in [-0.3, -0.25) is 4.79 Å². The first-order valence-corrected chi connectivity index (χ1v) is 7.14. The molecule has 1 aliphatic heterocycles. The molecule has 0 saturated carbocycles. The monoisotopic (exact) mass is 343 g/mol. The lowest BCUT2D eigenvalue weighted by Crippen LogP contribution is -2.45. The van der Waals surface area contributed by atoms with Gasteiger partial charge in [0.1, 0.15) is 11.4 Å². The number of rotatable bonds is 5. The van der Waals surface area contributed by atoms with Crippen molar-refractivity contribution in [3.05, 3.63) is 28.2 Å². The van der Waals surface area contributed by atoms with Gasteiger partial charge in [-0.25, -0.2) is 0 Å². The molecule has 0 spiro atoms. The molecule has 1 aromatic rings. The molecule has 1 atom stereocenters. The van der Waals surface area contributed by atoms with Gasteiger partial charge in [0.15, 0.2) is 0 Å². The van der Waals surface area contributed by atoms with Crippen molar-refractivity contribution in [2.24, 2.45) is 0 Å². The molecule has 6 heteroatoms. The molecule has 1 aliphatic rings. The Balaban J connectivity index is 1.99. The molecule has 20 heavy (non-hydrogen) atoms. The lowest BCUT2D eigenvalue weighted by molar-refractivity contribution is -0.0148. The molecule has 0 bridgehead atoms. The Morgan fingerprint density at radius 3 is 2.85 bits per heavy atom. The minimum absolute atomic E-state index is 0.142. The third kappa shape index (κ3) is 3.31. The van der Waals surface area contributed by atoms with Crippen LogP contribution >= 0.6 is 15.9 Å². The molecule has 1 unspecified atom stereocenters. The fraction of sp³-hybridized carbons (Fsp3) is 0.500. The van der Waals surface area contributed by atoms with E-state index in [9.17, 15) is 4.79 Å². The van der Waals surface area contributed by atoms with Gasteiger partial charge < -0.3 is 19.5 Å². The first-order chi connectivity index (χ1) is 9.60. The van der Waals surface area contributed by atoms with E-state index in [-0.39, 0.29) is 5.91 Å². The highest BCUT2D eigenvalue weighted by atomic mass is 79.9. The predicted octanol–water partition coefficient (Wildman–Crippen LogP) is 1.99. The Hall–Kier alpha value is -1.11. The summed E-state index contributed by atoms with van der Waals surface area (Å²) in [4.78, 5) is 12.1. The van der Waals surface area contributed by atoms with Gasteiger partial charge in [-0.1, -0.05) is 0 Å². The fourth-order valence-electron chi connectivity index (χ4n) is 2.11. The number of carbonyl (C=O) groups excluding carboxylic acids is 1. The lowest BCUT2D eigenvalue weighted by Gasteiger charge is -2.25. The Morgan fingerprint density at radius 2 is 2.30 bits per heavy atom. The molecule has 2 rings (SSSR count). The van der Waals surface area contributed by atoms with Crippen LogP contribution in [0.4, 0.5) is 0 Å². The van der Waals surface area contributed by atoms with Crippen LogP contribution in [0.15, 0.2) is 22.7 Å². The van der Waals surface area contributed by atoms with E-state index in [0.29, 0.717) is 31.1 Å². The smallest absolute Gasteiger partial charge is 0.251 e. The summed E-state index contributed by atoms with van der Waals surface area (Å²) in [7, 11) is 3.23. The summed E-state index contributed by atoms with van der Waals surface area (Å²) >= 11 is 3.37. The third-order valence-electron chi connectivity index (χ3n) is 3.49. The Labute approximate surface area is 126 Å². The van der Waals surface area contributed by atoms with Crippen LogP contribution in [-0.2, 0) is 9.47 Å². The normalized spacial score (nSPS) is 21.8. The summed E-state index contributed by atoms with van der Waals surface area (Å²) in [5, 5.41) is 2.89. The van der Waals surface area contributed by atoms with Crippen molar-refractivity contribution in [2.75, 3.05) is 34.0 Å². The van der Waals surface area contributed by atoms with Crippen molar-refractivity contribution in [3.63, 3.8) is 0 Å². The zero-order chi connectivity index (χ0) is 14.6. The van der Waals surface area contributed by atoms with E-state index in [1.165, 1.54) is 0 Å². The van der Waals surface area contributed by atoms with E-state index >= 15 is 0 Å². The number of benzene rings is 1. The van der Waals surface area contributed by atoms with Crippen LogP contribution in [0.5, 0.6) is 5.75 Å². The van der Waals surface area contributed by atoms with Gasteiger partial charge in [-0.15, -0.1) is 0 Å². The quantitative estimate of drug-likeness (QED) is 0.888. The molecule has 1 saturated heterocycles. The number of nitrogens with one attached hydrogen (secondary N) is 1. The van der Waals surface area contributed by atoms with Crippen molar-refractivity contribution in [1.29, 1.82) is 0 Å². The van der Waals surface area contributed by atoms with Crippen molar-refractivity contribution in [2.45, 2.75) is 12.0 Å². The van der Waals surface area contributed by atoms with Crippen LogP contribution in [-0.4, -0.2) is 45.5 Å². The summed E-state index contributed by atoms with van der Waals surface area (Å²) in [6, 6.07) is 5.21. The van der Waals surface area contributed by atoms with Gasteiger partial charge in [0.05, 0.1) is 18.2 Å². The molecule has 0 aromatic heterocycles. The van der Waals surface area contributed by atoms with Crippen molar-refractivity contribution >= 4 is 21.8 Å². The van der Waals surface area contributed by atoms with E-state index in [4.69, 9.17) is 14.2 Å². The molecule has 0 aliphatic carbocycles. The summed E-state index contributed by atoms with van der Waals surface area (Å²) in [6.45, 7) is 1.61. The molecule has 5 nitrogen and oxygen atoms in total. The summed E-state index contributed by atoms with van der Waals surface area (Å²) in [5.74, 6) is 0.552. The highest BCUT2D eigenvalue weighted by Gasteiger charge is 2.35. The Bertz CT molecular complexity index is 486. The topological polar surface area (TPSA) is 56.8 Å². The number of halogens is 1. The van der Waals surface area contributed by atoms with Crippen LogP contribution < -0.4 is 10.1 Å². The first-order valence-electron chi connectivity index (χ1n) is 6.35. The van der Waals surface area contributed by atoms with Gasteiger partial charge in [-0.05, 0) is 34.1 Å². The van der Waals surface area contributed by atoms with Gasteiger partial charge in [-0.2, -0.15) is 0 Å². The molecule has 1 amide bonds. The number of amides is 1. The molecule has 0 radical (unpaired) electrons. The number of hydrogen-bond donors (Lipinski definition) is 1. The van der Waals surface area contributed by atoms with Crippen molar-refractivity contribution in [3.8, 4) is 5.75 Å². The second kappa shape index (κ2) is 6.56. The van der Waals surface area contributed by atoms with E-state index in [1.807, 2.05) is 0 Å². The first kappa shape index (κ1) is 15.3.